The van der Waals surface area contributed by atoms with Gasteiger partial charge in [-0.1, -0.05) is 48.5 Å². The van der Waals surface area contributed by atoms with Crippen molar-refractivity contribution in [3.8, 4) is 0 Å². The summed E-state index contributed by atoms with van der Waals surface area (Å²) in [5.41, 5.74) is 0.764. The zero-order valence-electron chi connectivity index (χ0n) is 28.5. The minimum absolute atomic E-state index is 0.00449. The molecule has 1 aliphatic heterocycles. The number of anilines is 3. The van der Waals surface area contributed by atoms with Crippen molar-refractivity contribution in [2.45, 2.75) is 44.1 Å². The molecule has 11 nitrogen and oxygen atoms in total. The number of aliphatic hydroxyl groups is 1. The lowest BCUT2D eigenvalue weighted by Gasteiger charge is -2.27. The van der Waals surface area contributed by atoms with Gasteiger partial charge in [-0.25, -0.2) is 17.1 Å². The van der Waals surface area contributed by atoms with E-state index in [0.717, 1.165) is 40.4 Å². The Morgan fingerprint density at radius 1 is 0.962 bits per heavy atom. The second-order valence-electron chi connectivity index (χ2n) is 12.2. The van der Waals surface area contributed by atoms with Crippen LogP contribution < -0.4 is 19.8 Å². The number of alkyl halides is 3. The van der Waals surface area contributed by atoms with E-state index in [0.29, 0.717) is 18.5 Å². The van der Waals surface area contributed by atoms with E-state index in [2.05, 4.69) is 10.6 Å². The number of carbonyl (C=O) groups is 3. The zero-order valence-corrected chi connectivity index (χ0v) is 29.3. The van der Waals surface area contributed by atoms with E-state index in [1.54, 1.807) is 12.1 Å². The summed E-state index contributed by atoms with van der Waals surface area (Å²) in [5.74, 6) is -1.46. The molecule has 1 saturated heterocycles. The maximum absolute atomic E-state index is 14.0. The molecule has 0 saturated carbocycles. The normalized spacial score (nSPS) is 14.2. The fourth-order valence-corrected chi connectivity index (χ4v) is 6.79. The van der Waals surface area contributed by atoms with Gasteiger partial charge in [0.25, 0.3) is 12.4 Å². The Kier molecular flexibility index (Phi) is 13.7. The topological polar surface area (TPSA) is 156 Å². The van der Waals surface area contributed by atoms with Crippen LogP contribution in [0.3, 0.4) is 0 Å². The van der Waals surface area contributed by atoms with Crippen molar-refractivity contribution in [2.75, 3.05) is 28.6 Å². The number of hydrogen-bond donors (Lipinski definition) is 4. The molecule has 0 unspecified atom stereocenters. The van der Waals surface area contributed by atoms with Gasteiger partial charge in [0.1, 0.15) is 5.82 Å². The van der Waals surface area contributed by atoms with Gasteiger partial charge in [0.2, 0.25) is 15.9 Å². The number of aliphatic hydroxyl groups excluding tert-OH is 1. The number of carbonyl (C=O) groups excluding carboxylic acids is 2. The van der Waals surface area contributed by atoms with Crippen molar-refractivity contribution in [2.24, 2.45) is 0 Å². The molecule has 282 valence electrons. The van der Waals surface area contributed by atoms with Gasteiger partial charge in [-0.05, 0) is 72.5 Å². The average molecular weight is 759 g/mol. The quantitative estimate of drug-likeness (QED) is 0.106. The monoisotopic (exact) mass is 758 g/mol. The molecule has 4 N–H and O–H groups in total. The van der Waals surface area contributed by atoms with Crippen molar-refractivity contribution in [3.63, 3.8) is 0 Å². The van der Waals surface area contributed by atoms with Gasteiger partial charge in [-0.3, -0.25) is 14.4 Å². The van der Waals surface area contributed by atoms with E-state index < -0.39 is 45.6 Å². The number of halogens is 4. The second kappa shape index (κ2) is 17.9. The summed E-state index contributed by atoms with van der Waals surface area (Å²) in [4.78, 5) is 36.5. The SMILES string of the molecule is CS(=O)(=O)N(c1ccc(F)cc1)c1cc(C(=O)N[C@@H](Cc2ccccc2)[C@H](O)CNCc2cccc(C(F)(F)F)c2)cc(N2CCCC2=O)c1.O=CO. The summed E-state index contributed by atoms with van der Waals surface area (Å²) < 4.78 is 80.5. The number of rotatable bonds is 13. The lowest BCUT2D eigenvalue weighted by molar-refractivity contribution is -0.137. The van der Waals surface area contributed by atoms with Crippen LogP contribution in [-0.4, -0.2) is 68.4 Å². The molecule has 0 bridgehead atoms. The largest absolute Gasteiger partial charge is 0.483 e. The Morgan fingerprint density at radius 2 is 1.62 bits per heavy atom. The van der Waals surface area contributed by atoms with Crippen LogP contribution in [0.5, 0.6) is 0 Å². The molecule has 2 amide bonds. The van der Waals surface area contributed by atoms with Crippen molar-refractivity contribution >= 4 is 45.4 Å². The van der Waals surface area contributed by atoms with Gasteiger partial charge in [-0.15, -0.1) is 0 Å². The van der Waals surface area contributed by atoms with E-state index in [9.17, 15) is 40.7 Å². The number of sulfonamides is 1. The molecule has 0 aromatic heterocycles. The molecule has 5 rings (SSSR count). The number of benzene rings is 4. The standard InChI is InChI=1S/C36H36F4N4O5S.CH2O2/c1-50(48,49)44(29-14-12-28(37)13-15-29)31-20-26(19-30(21-31)43-16-6-11-34(43)46)35(47)42-32(18-24-7-3-2-4-8-24)33(45)23-41-22-25-9-5-10-27(17-25)36(38,39)40;2-1-3/h2-5,7-10,12-15,17,19-21,32-33,41,45H,6,11,16,18,22-23H2,1H3,(H,42,47);1H,(H,2,3)/t32-,33+;/m0./s1. The third-order valence-electron chi connectivity index (χ3n) is 8.19. The van der Waals surface area contributed by atoms with Gasteiger partial charge in [-0.2, -0.15) is 13.2 Å². The van der Waals surface area contributed by atoms with Crippen LogP contribution in [0.4, 0.5) is 34.6 Å². The number of amides is 2. The predicted octanol–water partition coefficient (Wildman–Crippen LogP) is 5.26. The molecule has 16 heteroatoms. The van der Waals surface area contributed by atoms with Gasteiger partial charge in [0.15, 0.2) is 0 Å². The molecule has 0 radical (unpaired) electrons. The van der Waals surface area contributed by atoms with E-state index in [-0.39, 0.29) is 60.9 Å². The Morgan fingerprint density at radius 3 is 2.23 bits per heavy atom. The molecular formula is C37H38F4N4O7S. The first-order chi connectivity index (χ1) is 25.1. The lowest BCUT2D eigenvalue weighted by Crippen LogP contribution is -2.48. The third-order valence-corrected chi connectivity index (χ3v) is 9.28. The highest BCUT2D eigenvalue weighted by Crippen LogP contribution is 2.34. The van der Waals surface area contributed by atoms with Crippen molar-refractivity contribution < 1.29 is 50.6 Å². The third kappa shape index (κ3) is 11.3. The molecule has 4 aromatic rings. The Labute approximate surface area is 303 Å². The smallest absolute Gasteiger partial charge is 0.416 e. The highest BCUT2D eigenvalue weighted by atomic mass is 32.2. The first kappa shape index (κ1) is 40.5. The first-order valence-corrected chi connectivity index (χ1v) is 18.1. The van der Waals surface area contributed by atoms with Crippen LogP contribution in [0.15, 0.2) is 97.1 Å². The summed E-state index contributed by atoms with van der Waals surface area (Å²) in [6.07, 6.45) is -3.73. The minimum atomic E-state index is -4.50. The minimum Gasteiger partial charge on any atom is -0.483 e. The molecule has 1 heterocycles. The van der Waals surface area contributed by atoms with Crippen LogP contribution in [0, 0.1) is 5.82 Å². The van der Waals surface area contributed by atoms with Gasteiger partial charge in [0, 0.05) is 37.3 Å². The van der Waals surface area contributed by atoms with E-state index in [4.69, 9.17) is 9.90 Å². The maximum Gasteiger partial charge on any atom is 0.416 e. The summed E-state index contributed by atoms with van der Waals surface area (Å²) in [5, 5.41) is 24.0. The predicted molar refractivity (Wildman–Crippen MR) is 191 cm³/mol. The number of carboxylic acid groups (broad SMARTS) is 1. The van der Waals surface area contributed by atoms with Crippen LogP contribution in [-0.2, 0) is 38.8 Å². The first-order valence-electron chi connectivity index (χ1n) is 16.3. The number of hydrogen-bond acceptors (Lipinski definition) is 7. The second-order valence-corrected chi connectivity index (χ2v) is 14.0. The summed E-state index contributed by atoms with van der Waals surface area (Å²) >= 11 is 0. The van der Waals surface area contributed by atoms with Crippen LogP contribution in [0.25, 0.3) is 0 Å². The fourth-order valence-electron chi connectivity index (χ4n) is 5.80. The van der Waals surface area contributed by atoms with E-state index in [1.165, 1.54) is 47.4 Å². The van der Waals surface area contributed by atoms with E-state index in [1.807, 2.05) is 18.2 Å². The molecule has 1 fully saturated rings. The molecule has 1 aliphatic rings. The molecule has 0 spiro atoms. The van der Waals surface area contributed by atoms with Crippen molar-refractivity contribution in [1.29, 1.82) is 0 Å². The Bertz CT molecular complexity index is 1980. The van der Waals surface area contributed by atoms with Crippen LogP contribution >= 0.6 is 0 Å². The highest BCUT2D eigenvalue weighted by Gasteiger charge is 2.31. The molecule has 0 aliphatic carbocycles. The van der Waals surface area contributed by atoms with Crippen LogP contribution in [0.1, 0.15) is 39.9 Å². The fraction of sp³-hybridized carbons (Fsp3) is 0.270. The highest BCUT2D eigenvalue weighted by molar-refractivity contribution is 7.92. The maximum atomic E-state index is 14.0. The van der Waals surface area contributed by atoms with Crippen molar-refractivity contribution in [3.05, 3.63) is 125 Å². The van der Waals surface area contributed by atoms with Crippen molar-refractivity contribution in [1.82, 2.24) is 10.6 Å². The molecule has 53 heavy (non-hydrogen) atoms. The number of nitrogens with zero attached hydrogens (tertiary/aromatic N) is 2. The molecule has 4 aromatic carbocycles. The summed E-state index contributed by atoms with van der Waals surface area (Å²) in [7, 11) is -4.04. The summed E-state index contributed by atoms with van der Waals surface area (Å²) in [6.45, 7) is 0.0344. The van der Waals surface area contributed by atoms with Gasteiger partial charge in [0.05, 0.1) is 35.3 Å². The van der Waals surface area contributed by atoms with E-state index >= 15 is 0 Å². The Balaban J connectivity index is 0.00000202. The van der Waals surface area contributed by atoms with Gasteiger partial charge < -0.3 is 25.7 Å². The molecular weight excluding hydrogens is 720 g/mol. The average Bonchev–Trinajstić information content (AvgIpc) is 3.54. The van der Waals surface area contributed by atoms with Crippen LogP contribution in [0.2, 0.25) is 0 Å². The van der Waals surface area contributed by atoms with Gasteiger partial charge >= 0.3 is 6.18 Å². The summed E-state index contributed by atoms with van der Waals surface area (Å²) in [6, 6.07) is 22.0. The number of nitrogens with one attached hydrogen (secondary N) is 2. The molecule has 2 atom stereocenters. The Hall–Kier alpha value is -5.32. The lowest BCUT2D eigenvalue weighted by atomic mass is 10.00. The zero-order chi connectivity index (χ0) is 38.8.